The Morgan fingerprint density at radius 3 is 3.10 bits per heavy atom. The zero-order chi connectivity index (χ0) is 7.40. The SMILES string of the molecule is CC(N[C]=O)c1cc[nH]c1. The molecule has 3 nitrogen and oxygen atoms in total. The fourth-order valence-electron chi connectivity index (χ4n) is 0.778. The third-order valence-corrected chi connectivity index (χ3v) is 1.40. The van der Waals surface area contributed by atoms with Gasteiger partial charge in [-0.15, -0.1) is 0 Å². The largest absolute Gasteiger partial charge is 0.367 e. The van der Waals surface area contributed by atoms with Crippen molar-refractivity contribution in [1.29, 1.82) is 0 Å². The Balaban J connectivity index is 2.58. The molecular formula is C7H9N2O. The van der Waals surface area contributed by atoms with E-state index in [9.17, 15) is 4.79 Å². The number of nitrogens with one attached hydrogen (secondary N) is 2. The van der Waals surface area contributed by atoms with Crippen LogP contribution in [0.15, 0.2) is 18.5 Å². The van der Waals surface area contributed by atoms with E-state index in [0.29, 0.717) is 0 Å². The molecule has 0 saturated carbocycles. The topological polar surface area (TPSA) is 44.9 Å². The second-order valence-electron chi connectivity index (χ2n) is 2.11. The molecule has 3 heteroatoms. The van der Waals surface area contributed by atoms with Gasteiger partial charge in [-0.3, -0.25) is 4.79 Å². The average molecular weight is 137 g/mol. The van der Waals surface area contributed by atoms with Crippen molar-refractivity contribution in [3.05, 3.63) is 24.0 Å². The van der Waals surface area contributed by atoms with Crippen LogP contribution in [0.25, 0.3) is 0 Å². The Bertz CT molecular complexity index is 193. The normalized spacial score (nSPS) is 12.5. The van der Waals surface area contributed by atoms with Crippen LogP contribution >= 0.6 is 0 Å². The summed E-state index contributed by atoms with van der Waals surface area (Å²) in [6.45, 7) is 1.90. The Kier molecular flexibility index (Phi) is 2.10. The maximum absolute atomic E-state index is 9.86. The van der Waals surface area contributed by atoms with Crippen LogP contribution in [0.2, 0.25) is 0 Å². The van der Waals surface area contributed by atoms with Crippen molar-refractivity contribution in [3.8, 4) is 0 Å². The van der Waals surface area contributed by atoms with E-state index in [-0.39, 0.29) is 6.04 Å². The van der Waals surface area contributed by atoms with E-state index >= 15 is 0 Å². The number of H-pyrrole nitrogens is 1. The van der Waals surface area contributed by atoms with Crippen LogP contribution in [0.4, 0.5) is 0 Å². The molecule has 1 aromatic heterocycles. The first kappa shape index (κ1) is 6.86. The maximum Gasteiger partial charge on any atom is 0.309 e. The molecule has 0 aromatic carbocycles. The molecule has 0 saturated heterocycles. The predicted molar refractivity (Wildman–Crippen MR) is 38.0 cm³/mol. The molecule has 1 aromatic rings. The first-order valence-corrected chi connectivity index (χ1v) is 3.10. The van der Waals surface area contributed by atoms with Gasteiger partial charge in [0.05, 0.1) is 6.04 Å². The Hall–Kier alpha value is -1.25. The third-order valence-electron chi connectivity index (χ3n) is 1.40. The van der Waals surface area contributed by atoms with Crippen LogP contribution in [-0.2, 0) is 4.79 Å². The standard InChI is InChI=1S/C7H9N2O/c1-6(9-5-10)7-2-3-8-4-7/h2-4,6,8H,1H3,(H,9,10). The summed E-state index contributed by atoms with van der Waals surface area (Å²) in [4.78, 5) is 12.8. The third kappa shape index (κ3) is 1.37. The van der Waals surface area contributed by atoms with Crippen molar-refractivity contribution in [2.75, 3.05) is 0 Å². The van der Waals surface area contributed by atoms with Gasteiger partial charge in [-0.2, -0.15) is 0 Å². The van der Waals surface area contributed by atoms with Gasteiger partial charge in [0.2, 0.25) is 0 Å². The molecule has 0 aliphatic heterocycles. The van der Waals surface area contributed by atoms with E-state index in [1.807, 2.05) is 25.4 Å². The van der Waals surface area contributed by atoms with E-state index in [0.717, 1.165) is 5.56 Å². The lowest BCUT2D eigenvalue weighted by molar-refractivity contribution is 0.530. The van der Waals surface area contributed by atoms with Crippen LogP contribution in [-0.4, -0.2) is 11.4 Å². The van der Waals surface area contributed by atoms with Gasteiger partial charge in [-0.25, -0.2) is 0 Å². The summed E-state index contributed by atoms with van der Waals surface area (Å²) in [5, 5.41) is 2.52. The average Bonchev–Trinajstić information content (AvgIpc) is 2.38. The van der Waals surface area contributed by atoms with Gasteiger partial charge in [0.25, 0.3) is 0 Å². The molecule has 1 heterocycles. The molecule has 1 atom stereocenters. The van der Waals surface area contributed by atoms with E-state index in [1.165, 1.54) is 0 Å². The number of hydrogen-bond acceptors (Lipinski definition) is 1. The number of aromatic amines is 1. The second kappa shape index (κ2) is 3.06. The fourth-order valence-corrected chi connectivity index (χ4v) is 0.778. The van der Waals surface area contributed by atoms with Crippen molar-refractivity contribution in [2.24, 2.45) is 0 Å². The summed E-state index contributed by atoms with van der Waals surface area (Å²) >= 11 is 0. The summed E-state index contributed by atoms with van der Waals surface area (Å²) < 4.78 is 0. The highest BCUT2D eigenvalue weighted by Crippen LogP contribution is 2.08. The number of rotatable bonds is 3. The van der Waals surface area contributed by atoms with Crippen molar-refractivity contribution < 1.29 is 4.79 Å². The quantitative estimate of drug-likeness (QED) is 0.593. The van der Waals surface area contributed by atoms with E-state index < -0.39 is 0 Å². The van der Waals surface area contributed by atoms with Crippen LogP contribution in [0.5, 0.6) is 0 Å². The molecule has 53 valence electrons. The minimum absolute atomic E-state index is 0.0451. The molecule has 0 aliphatic carbocycles. The fraction of sp³-hybridized carbons (Fsp3) is 0.286. The van der Waals surface area contributed by atoms with Crippen molar-refractivity contribution in [1.82, 2.24) is 10.3 Å². The van der Waals surface area contributed by atoms with Crippen molar-refractivity contribution in [2.45, 2.75) is 13.0 Å². The summed E-state index contributed by atoms with van der Waals surface area (Å²) in [5.74, 6) is 0. The molecule has 0 fully saturated rings. The maximum atomic E-state index is 9.86. The van der Waals surface area contributed by atoms with Crippen LogP contribution in [0.1, 0.15) is 18.5 Å². The molecule has 1 radical (unpaired) electrons. The molecule has 1 amide bonds. The molecule has 0 bridgehead atoms. The van der Waals surface area contributed by atoms with E-state index in [1.54, 1.807) is 6.41 Å². The smallest absolute Gasteiger partial charge is 0.309 e. The lowest BCUT2D eigenvalue weighted by Gasteiger charge is -2.04. The molecule has 0 aliphatic rings. The second-order valence-corrected chi connectivity index (χ2v) is 2.11. The summed E-state index contributed by atoms with van der Waals surface area (Å²) in [7, 11) is 0. The van der Waals surface area contributed by atoms with Gasteiger partial charge in [-0.1, -0.05) is 0 Å². The molecule has 1 unspecified atom stereocenters. The minimum Gasteiger partial charge on any atom is -0.367 e. The van der Waals surface area contributed by atoms with Crippen molar-refractivity contribution in [3.63, 3.8) is 0 Å². The molecular weight excluding hydrogens is 128 g/mol. The minimum atomic E-state index is 0.0451. The van der Waals surface area contributed by atoms with E-state index in [2.05, 4.69) is 10.3 Å². The van der Waals surface area contributed by atoms with Gasteiger partial charge in [0.1, 0.15) is 0 Å². The van der Waals surface area contributed by atoms with Crippen molar-refractivity contribution >= 4 is 6.41 Å². The Morgan fingerprint density at radius 1 is 1.80 bits per heavy atom. The highest BCUT2D eigenvalue weighted by molar-refractivity contribution is 5.48. The van der Waals surface area contributed by atoms with Gasteiger partial charge in [0, 0.05) is 12.4 Å². The summed E-state index contributed by atoms with van der Waals surface area (Å²) in [6, 6.07) is 1.96. The van der Waals surface area contributed by atoms with Crippen LogP contribution in [0.3, 0.4) is 0 Å². The van der Waals surface area contributed by atoms with Gasteiger partial charge >= 0.3 is 6.41 Å². The van der Waals surface area contributed by atoms with Gasteiger partial charge in [-0.05, 0) is 18.6 Å². The summed E-state index contributed by atoms with van der Waals surface area (Å²) in [6.07, 6.45) is 5.30. The van der Waals surface area contributed by atoms with Gasteiger partial charge < -0.3 is 10.3 Å². The lowest BCUT2D eigenvalue weighted by atomic mass is 10.2. The van der Waals surface area contributed by atoms with E-state index in [4.69, 9.17) is 0 Å². The molecule has 2 N–H and O–H groups in total. The number of amides is 1. The highest BCUT2D eigenvalue weighted by Gasteiger charge is 2.01. The first-order valence-electron chi connectivity index (χ1n) is 3.10. The number of hydrogen-bond donors (Lipinski definition) is 2. The zero-order valence-corrected chi connectivity index (χ0v) is 5.72. The van der Waals surface area contributed by atoms with Gasteiger partial charge in [0.15, 0.2) is 0 Å². The zero-order valence-electron chi connectivity index (χ0n) is 5.72. The molecule has 0 spiro atoms. The Labute approximate surface area is 59.4 Å². The highest BCUT2D eigenvalue weighted by atomic mass is 16.1. The number of carbonyl (C=O) groups excluding carboxylic acids is 1. The number of aromatic nitrogens is 1. The van der Waals surface area contributed by atoms with Crippen LogP contribution < -0.4 is 5.32 Å². The summed E-state index contributed by atoms with van der Waals surface area (Å²) in [5.41, 5.74) is 1.06. The Morgan fingerprint density at radius 2 is 2.60 bits per heavy atom. The molecule has 1 rings (SSSR count). The molecule has 10 heavy (non-hydrogen) atoms. The predicted octanol–water partition coefficient (Wildman–Crippen LogP) is 0.733. The van der Waals surface area contributed by atoms with Crippen LogP contribution in [0, 0.1) is 0 Å². The lowest BCUT2D eigenvalue weighted by Crippen LogP contribution is -2.15. The first-order chi connectivity index (χ1) is 4.84. The monoisotopic (exact) mass is 137 g/mol.